The van der Waals surface area contributed by atoms with Crippen LogP contribution in [-0.4, -0.2) is 33.7 Å². The second-order valence-corrected chi connectivity index (χ2v) is 5.91. The van der Waals surface area contributed by atoms with Crippen LogP contribution in [0.15, 0.2) is 17.6 Å². The molecule has 1 aromatic heterocycles. The number of amides is 1. The molecule has 0 aliphatic rings. The molecule has 1 rings (SSSR count). The van der Waals surface area contributed by atoms with Crippen LogP contribution in [0.1, 0.15) is 39.5 Å². The molecule has 6 heteroatoms. The molecule has 5 nitrogen and oxygen atoms in total. The SMILES string of the molecule is CCCNC(C)(CCCCSc1ncc[nH]1)C(N)=O. The molecule has 1 aromatic rings. The molecule has 0 fully saturated rings. The molecular formula is C13H24N4OS. The molecule has 19 heavy (non-hydrogen) atoms. The number of hydrogen-bond acceptors (Lipinski definition) is 4. The number of carbonyl (C=O) groups excluding carboxylic acids is 1. The molecule has 0 saturated carbocycles. The van der Waals surface area contributed by atoms with E-state index in [0.717, 1.165) is 43.1 Å². The first-order valence-corrected chi connectivity index (χ1v) is 7.74. The summed E-state index contributed by atoms with van der Waals surface area (Å²) >= 11 is 1.70. The molecule has 0 aromatic carbocycles. The zero-order valence-electron chi connectivity index (χ0n) is 11.7. The molecule has 4 N–H and O–H groups in total. The minimum absolute atomic E-state index is 0.264. The first kappa shape index (κ1) is 16.0. The van der Waals surface area contributed by atoms with E-state index >= 15 is 0 Å². The fourth-order valence-corrected chi connectivity index (χ4v) is 2.61. The van der Waals surface area contributed by atoms with Crippen LogP contribution in [0.3, 0.4) is 0 Å². The maximum Gasteiger partial charge on any atom is 0.237 e. The van der Waals surface area contributed by atoms with Gasteiger partial charge in [0.15, 0.2) is 5.16 Å². The highest BCUT2D eigenvalue weighted by Crippen LogP contribution is 2.18. The van der Waals surface area contributed by atoms with E-state index in [4.69, 9.17) is 5.73 Å². The lowest BCUT2D eigenvalue weighted by Gasteiger charge is -2.27. The van der Waals surface area contributed by atoms with Gasteiger partial charge in [-0.3, -0.25) is 4.79 Å². The van der Waals surface area contributed by atoms with Crippen molar-refractivity contribution in [2.75, 3.05) is 12.3 Å². The normalized spacial score (nSPS) is 14.2. The van der Waals surface area contributed by atoms with Gasteiger partial charge in [-0.2, -0.15) is 0 Å². The van der Waals surface area contributed by atoms with E-state index in [1.807, 2.05) is 13.1 Å². The average Bonchev–Trinajstić information content (AvgIpc) is 2.89. The van der Waals surface area contributed by atoms with E-state index in [1.54, 1.807) is 18.0 Å². The minimum Gasteiger partial charge on any atom is -0.368 e. The van der Waals surface area contributed by atoms with E-state index in [-0.39, 0.29) is 5.91 Å². The van der Waals surface area contributed by atoms with Gasteiger partial charge < -0.3 is 16.0 Å². The van der Waals surface area contributed by atoms with Crippen LogP contribution in [0.2, 0.25) is 0 Å². The van der Waals surface area contributed by atoms with Gasteiger partial charge >= 0.3 is 0 Å². The highest BCUT2D eigenvalue weighted by molar-refractivity contribution is 7.99. The largest absolute Gasteiger partial charge is 0.368 e. The Morgan fingerprint density at radius 3 is 2.95 bits per heavy atom. The Bertz CT molecular complexity index is 369. The minimum atomic E-state index is -0.578. The fourth-order valence-electron chi connectivity index (χ4n) is 1.78. The van der Waals surface area contributed by atoms with Crippen molar-refractivity contribution in [2.45, 2.75) is 50.2 Å². The summed E-state index contributed by atoms with van der Waals surface area (Å²) in [5.74, 6) is 0.732. The lowest BCUT2D eigenvalue weighted by molar-refractivity contribution is -0.124. The molecule has 108 valence electrons. The van der Waals surface area contributed by atoms with Gasteiger partial charge in [-0.25, -0.2) is 4.98 Å². The molecule has 0 aliphatic heterocycles. The number of aromatic amines is 1. The highest BCUT2D eigenvalue weighted by atomic mass is 32.2. The number of nitrogens with zero attached hydrogens (tertiary/aromatic N) is 1. The number of H-pyrrole nitrogens is 1. The second-order valence-electron chi connectivity index (χ2n) is 4.82. The van der Waals surface area contributed by atoms with Gasteiger partial charge in [0.05, 0.1) is 5.54 Å². The van der Waals surface area contributed by atoms with Crippen LogP contribution in [0.4, 0.5) is 0 Å². The van der Waals surface area contributed by atoms with Crippen molar-refractivity contribution in [1.82, 2.24) is 15.3 Å². The number of rotatable bonds is 10. The maximum absolute atomic E-state index is 11.5. The summed E-state index contributed by atoms with van der Waals surface area (Å²) in [5, 5.41) is 4.20. The molecule has 1 atom stereocenters. The average molecular weight is 284 g/mol. The van der Waals surface area contributed by atoms with Crippen molar-refractivity contribution < 1.29 is 4.79 Å². The van der Waals surface area contributed by atoms with Gasteiger partial charge in [0.2, 0.25) is 5.91 Å². The van der Waals surface area contributed by atoms with E-state index in [9.17, 15) is 4.79 Å². The molecule has 0 radical (unpaired) electrons. The number of hydrogen-bond donors (Lipinski definition) is 3. The van der Waals surface area contributed by atoms with E-state index < -0.39 is 5.54 Å². The van der Waals surface area contributed by atoms with Gasteiger partial charge in [-0.15, -0.1) is 0 Å². The van der Waals surface area contributed by atoms with Crippen molar-refractivity contribution in [3.63, 3.8) is 0 Å². The highest BCUT2D eigenvalue weighted by Gasteiger charge is 2.29. The fraction of sp³-hybridized carbons (Fsp3) is 0.692. The third-order valence-corrected chi connectivity index (χ3v) is 4.08. The van der Waals surface area contributed by atoms with Crippen LogP contribution in [0.5, 0.6) is 0 Å². The van der Waals surface area contributed by atoms with Gasteiger partial charge in [0, 0.05) is 18.1 Å². The number of unbranched alkanes of at least 4 members (excludes halogenated alkanes) is 1. The van der Waals surface area contributed by atoms with Crippen molar-refractivity contribution in [3.8, 4) is 0 Å². The summed E-state index contributed by atoms with van der Waals surface area (Å²) < 4.78 is 0. The molecule has 1 heterocycles. The summed E-state index contributed by atoms with van der Waals surface area (Å²) in [6.07, 6.45) is 7.37. The Morgan fingerprint density at radius 1 is 1.58 bits per heavy atom. The molecule has 0 spiro atoms. The van der Waals surface area contributed by atoms with Gasteiger partial charge in [-0.1, -0.05) is 25.1 Å². The predicted molar refractivity (Wildman–Crippen MR) is 79.1 cm³/mol. The number of aromatic nitrogens is 2. The zero-order chi connectivity index (χ0) is 14.1. The molecule has 0 aliphatic carbocycles. The maximum atomic E-state index is 11.5. The molecule has 1 unspecified atom stereocenters. The van der Waals surface area contributed by atoms with E-state index in [2.05, 4.69) is 22.2 Å². The van der Waals surface area contributed by atoms with Gasteiger partial charge in [-0.05, 0) is 32.7 Å². The Hall–Kier alpha value is -1.01. The number of primary amides is 1. The van der Waals surface area contributed by atoms with Crippen LogP contribution < -0.4 is 11.1 Å². The number of imidazole rings is 1. The monoisotopic (exact) mass is 284 g/mol. The number of carbonyl (C=O) groups is 1. The Morgan fingerprint density at radius 2 is 2.37 bits per heavy atom. The lowest BCUT2D eigenvalue weighted by Crippen LogP contribution is -2.53. The Kier molecular flexibility index (Phi) is 6.94. The smallest absolute Gasteiger partial charge is 0.237 e. The lowest BCUT2D eigenvalue weighted by atomic mass is 9.94. The van der Waals surface area contributed by atoms with Gasteiger partial charge in [0.1, 0.15) is 0 Å². The van der Waals surface area contributed by atoms with Crippen molar-refractivity contribution in [1.29, 1.82) is 0 Å². The van der Waals surface area contributed by atoms with Crippen molar-refractivity contribution >= 4 is 17.7 Å². The molecule has 0 bridgehead atoms. The Labute approximate surface area is 119 Å². The second kappa shape index (κ2) is 8.22. The first-order valence-electron chi connectivity index (χ1n) is 6.75. The van der Waals surface area contributed by atoms with Crippen LogP contribution in [0.25, 0.3) is 0 Å². The number of nitrogens with two attached hydrogens (primary N) is 1. The zero-order valence-corrected chi connectivity index (χ0v) is 12.6. The Balaban J connectivity index is 2.22. The van der Waals surface area contributed by atoms with E-state index in [0.29, 0.717) is 0 Å². The standard InChI is InChI=1S/C13H24N4OS/c1-3-7-17-13(2,11(14)18)6-4-5-10-19-12-15-8-9-16-12/h8-9,17H,3-7,10H2,1-2H3,(H2,14,18)(H,15,16). The third kappa shape index (κ3) is 5.65. The summed E-state index contributed by atoms with van der Waals surface area (Å²) in [5.41, 5.74) is 4.90. The first-order chi connectivity index (χ1) is 9.08. The number of nitrogens with one attached hydrogen (secondary N) is 2. The summed E-state index contributed by atoms with van der Waals surface area (Å²) in [6, 6.07) is 0. The topological polar surface area (TPSA) is 83.8 Å². The predicted octanol–water partition coefficient (Wildman–Crippen LogP) is 1.92. The molecule has 1 amide bonds. The van der Waals surface area contributed by atoms with E-state index in [1.165, 1.54) is 0 Å². The third-order valence-electron chi connectivity index (χ3n) is 3.09. The summed E-state index contributed by atoms with van der Waals surface area (Å²) in [7, 11) is 0. The quantitative estimate of drug-likeness (QED) is 0.453. The number of thioether (sulfide) groups is 1. The van der Waals surface area contributed by atoms with Crippen LogP contribution in [0, 0.1) is 0 Å². The molecule has 0 saturated heterocycles. The molecular weight excluding hydrogens is 260 g/mol. The summed E-state index contributed by atoms with van der Waals surface area (Å²) in [4.78, 5) is 18.7. The van der Waals surface area contributed by atoms with Crippen LogP contribution in [-0.2, 0) is 4.79 Å². The van der Waals surface area contributed by atoms with Crippen molar-refractivity contribution in [2.24, 2.45) is 5.73 Å². The van der Waals surface area contributed by atoms with Crippen molar-refractivity contribution in [3.05, 3.63) is 12.4 Å². The van der Waals surface area contributed by atoms with Crippen LogP contribution >= 0.6 is 11.8 Å². The summed E-state index contributed by atoms with van der Waals surface area (Å²) in [6.45, 7) is 4.79. The van der Waals surface area contributed by atoms with Gasteiger partial charge in [0.25, 0.3) is 0 Å².